The van der Waals surface area contributed by atoms with E-state index in [0.717, 1.165) is 19.5 Å². The minimum Gasteiger partial charge on any atom is -0.469 e. The summed E-state index contributed by atoms with van der Waals surface area (Å²) in [5, 5.41) is 0. The number of carbonyl (C=O) groups is 1. The van der Waals surface area contributed by atoms with Gasteiger partial charge in [0.1, 0.15) is 12.4 Å². The Kier molecular flexibility index (Phi) is 8.76. The van der Waals surface area contributed by atoms with Gasteiger partial charge in [0.15, 0.2) is 0 Å². The Morgan fingerprint density at radius 3 is 2.65 bits per heavy atom. The zero-order valence-electron chi connectivity index (χ0n) is 13.0. The molecule has 1 aromatic rings. The molecule has 0 aromatic carbocycles. The van der Waals surface area contributed by atoms with Crippen LogP contribution in [0, 0.1) is 0 Å². The van der Waals surface area contributed by atoms with Crippen LogP contribution in [0.25, 0.3) is 0 Å². The molecule has 0 amide bonds. The molecule has 4 nitrogen and oxygen atoms in total. The molecule has 0 spiro atoms. The molecule has 0 saturated heterocycles. The molecule has 114 valence electrons. The zero-order chi connectivity index (χ0) is 14.6. The second-order valence-electron chi connectivity index (χ2n) is 5.34. The van der Waals surface area contributed by atoms with E-state index in [0.29, 0.717) is 6.42 Å². The highest BCUT2D eigenvalue weighted by molar-refractivity contribution is 5.68. The fourth-order valence-corrected chi connectivity index (χ4v) is 2.29. The molecule has 1 heterocycles. The van der Waals surface area contributed by atoms with E-state index in [1.165, 1.54) is 45.6 Å². The molecular formula is C16H29N2O2+. The summed E-state index contributed by atoms with van der Waals surface area (Å²) >= 11 is 0. The van der Waals surface area contributed by atoms with Crippen LogP contribution in [-0.4, -0.2) is 17.6 Å². The maximum Gasteiger partial charge on any atom is 0.305 e. The van der Waals surface area contributed by atoms with Crippen molar-refractivity contribution in [1.29, 1.82) is 0 Å². The van der Waals surface area contributed by atoms with E-state index in [1.807, 2.05) is 0 Å². The summed E-state index contributed by atoms with van der Waals surface area (Å²) in [5.41, 5.74) is 0. The highest BCUT2D eigenvalue weighted by atomic mass is 16.5. The van der Waals surface area contributed by atoms with Crippen LogP contribution in [-0.2, 0) is 22.6 Å². The van der Waals surface area contributed by atoms with Crippen molar-refractivity contribution < 1.29 is 14.1 Å². The Balaban J connectivity index is 2.11. The number of nitrogens with zero attached hydrogens (tertiary/aromatic N) is 2. The molecular weight excluding hydrogens is 252 g/mol. The minimum atomic E-state index is -0.128. The smallest absolute Gasteiger partial charge is 0.305 e. The molecule has 0 aliphatic carbocycles. The first-order chi connectivity index (χ1) is 9.76. The summed E-state index contributed by atoms with van der Waals surface area (Å²) in [6.45, 7) is 4.22. The van der Waals surface area contributed by atoms with Crippen molar-refractivity contribution in [2.45, 2.75) is 71.4 Å². The topological polar surface area (TPSA) is 35.1 Å². The van der Waals surface area contributed by atoms with E-state index in [9.17, 15) is 4.79 Å². The first-order valence-corrected chi connectivity index (χ1v) is 7.88. The molecule has 20 heavy (non-hydrogen) atoms. The number of imidazole rings is 1. The quantitative estimate of drug-likeness (QED) is 0.355. The molecule has 4 heteroatoms. The largest absolute Gasteiger partial charge is 0.469 e. The number of hydrogen-bond acceptors (Lipinski definition) is 2. The average Bonchev–Trinajstić information content (AvgIpc) is 2.90. The van der Waals surface area contributed by atoms with Crippen LogP contribution in [0.5, 0.6) is 0 Å². The molecule has 1 rings (SSSR count). The number of aromatic nitrogens is 2. The molecule has 0 fully saturated rings. The van der Waals surface area contributed by atoms with Crippen molar-refractivity contribution in [1.82, 2.24) is 4.57 Å². The summed E-state index contributed by atoms with van der Waals surface area (Å²) in [4.78, 5) is 11.0. The number of methoxy groups -OCH3 is 1. The number of hydrogen-bond donors (Lipinski definition) is 0. The molecule has 0 aliphatic heterocycles. The van der Waals surface area contributed by atoms with Gasteiger partial charge < -0.3 is 4.74 Å². The van der Waals surface area contributed by atoms with Gasteiger partial charge in [-0.2, -0.15) is 0 Å². The van der Waals surface area contributed by atoms with Gasteiger partial charge in [0.2, 0.25) is 6.33 Å². The Morgan fingerprint density at radius 1 is 1.15 bits per heavy atom. The molecule has 0 atom stereocenters. The predicted molar refractivity (Wildman–Crippen MR) is 79.3 cm³/mol. The van der Waals surface area contributed by atoms with Gasteiger partial charge in [-0.1, -0.05) is 32.6 Å². The summed E-state index contributed by atoms with van der Waals surface area (Å²) < 4.78 is 9.01. The lowest BCUT2D eigenvalue weighted by molar-refractivity contribution is -0.696. The third kappa shape index (κ3) is 7.31. The monoisotopic (exact) mass is 281 g/mol. The van der Waals surface area contributed by atoms with Gasteiger partial charge in [0, 0.05) is 6.42 Å². The number of unbranched alkanes of at least 4 members (excludes halogenated alkanes) is 5. The maximum absolute atomic E-state index is 11.0. The van der Waals surface area contributed by atoms with Crippen LogP contribution >= 0.6 is 0 Å². The lowest BCUT2D eigenvalue weighted by Gasteiger charge is -1.99. The van der Waals surface area contributed by atoms with Crippen LogP contribution < -0.4 is 4.57 Å². The third-order valence-corrected chi connectivity index (χ3v) is 3.54. The number of esters is 1. The van der Waals surface area contributed by atoms with E-state index >= 15 is 0 Å². The van der Waals surface area contributed by atoms with E-state index in [4.69, 9.17) is 0 Å². The third-order valence-electron chi connectivity index (χ3n) is 3.54. The lowest BCUT2D eigenvalue weighted by atomic mass is 10.1. The first-order valence-electron chi connectivity index (χ1n) is 7.88. The second kappa shape index (κ2) is 10.5. The van der Waals surface area contributed by atoms with Gasteiger partial charge in [-0.3, -0.25) is 4.79 Å². The van der Waals surface area contributed by atoms with E-state index in [-0.39, 0.29) is 5.97 Å². The number of aryl methyl sites for hydroxylation is 2. The van der Waals surface area contributed by atoms with E-state index < -0.39 is 0 Å². The molecule has 0 aliphatic rings. The predicted octanol–water partition coefficient (Wildman–Crippen LogP) is 3.09. The summed E-state index contributed by atoms with van der Waals surface area (Å²) in [5.74, 6) is -0.128. The Labute approximate surface area is 122 Å². The van der Waals surface area contributed by atoms with Crippen molar-refractivity contribution in [3.8, 4) is 0 Å². The van der Waals surface area contributed by atoms with Gasteiger partial charge in [-0.25, -0.2) is 9.13 Å². The fraction of sp³-hybridized carbons (Fsp3) is 0.750. The number of rotatable bonds is 11. The van der Waals surface area contributed by atoms with Crippen LogP contribution in [0.15, 0.2) is 18.7 Å². The highest BCUT2D eigenvalue weighted by Gasteiger charge is 2.05. The van der Waals surface area contributed by atoms with Crippen molar-refractivity contribution in [3.63, 3.8) is 0 Å². The van der Waals surface area contributed by atoms with Crippen molar-refractivity contribution in [2.75, 3.05) is 7.11 Å². The van der Waals surface area contributed by atoms with Crippen molar-refractivity contribution in [3.05, 3.63) is 18.7 Å². The summed E-state index contributed by atoms with van der Waals surface area (Å²) in [6.07, 6.45) is 15.6. The van der Waals surface area contributed by atoms with Crippen LogP contribution in [0.4, 0.5) is 0 Å². The second-order valence-corrected chi connectivity index (χ2v) is 5.34. The van der Waals surface area contributed by atoms with Gasteiger partial charge in [-0.15, -0.1) is 0 Å². The fourth-order valence-electron chi connectivity index (χ4n) is 2.29. The first kappa shape index (κ1) is 16.7. The van der Waals surface area contributed by atoms with Crippen LogP contribution in [0.3, 0.4) is 0 Å². The van der Waals surface area contributed by atoms with Crippen molar-refractivity contribution in [2.24, 2.45) is 0 Å². The average molecular weight is 281 g/mol. The molecule has 0 bridgehead atoms. The standard InChI is InChI=1S/C16H29N2O2/c1-3-4-5-6-7-8-11-17-13-14-18(15-17)12-9-10-16(19)20-2/h13-15H,3-12H2,1-2H3/q+1. The normalized spacial score (nSPS) is 10.7. The van der Waals surface area contributed by atoms with Gasteiger partial charge in [0.05, 0.1) is 20.2 Å². The maximum atomic E-state index is 11.0. The lowest BCUT2D eigenvalue weighted by Crippen LogP contribution is -2.31. The van der Waals surface area contributed by atoms with Crippen molar-refractivity contribution >= 4 is 5.97 Å². The Bertz CT molecular complexity index is 374. The van der Waals surface area contributed by atoms with Crippen LogP contribution in [0.1, 0.15) is 58.3 Å². The van der Waals surface area contributed by atoms with E-state index in [2.05, 4.69) is 39.5 Å². The van der Waals surface area contributed by atoms with Gasteiger partial charge >= 0.3 is 5.97 Å². The summed E-state index contributed by atoms with van der Waals surface area (Å²) in [6, 6.07) is 0. The Hall–Kier alpha value is -1.32. The van der Waals surface area contributed by atoms with Gasteiger partial charge in [0.25, 0.3) is 0 Å². The number of carbonyl (C=O) groups excluding carboxylic acids is 1. The SMILES string of the molecule is CCCCCCCCn1cc[n+](CCCC(=O)OC)c1. The minimum absolute atomic E-state index is 0.128. The molecule has 0 saturated carbocycles. The zero-order valence-corrected chi connectivity index (χ0v) is 13.0. The van der Waals surface area contributed by atoms with Crippen LogP contribution in [0.2, 0.25) is 0 Å². The molecule has 1 aromatic heterocycles. The molecule has 0 unspecified atom stereocenters. The number of ether oxygens (including phenoxy) is 1. The highest BCUT2D eigenvalue weighted by Crippen LogP contribution is 2.05. The molecule has 0 N–H and O–H groups in total. The van der Waals surface area contributed by atoms with Gasteiger partial charge in [-0.05, 0) is 19.3 Å². The molecule has 0 radical (unpaired) electrons. The van der Waals surface area contributed by atoms with E-state index in [1.54, 1.807) is 0 Å². The Morgan fingerprint density at radius 2 is 1.90 bits per heavy atom. The summed E-state index contributed by atoms with van der Waals surface area (Å²) in [7, 11) is 1.44.